The number of benzene rings is 1. The lowest BCUT2D eigenvalue weighted by Crippen LogP contribution is -2.31. The number of nitrogens with zero attached hydrogens (tertiary/aromatic N) is 2. The van der Waals surface area contributed by atoms with E-state index in [1.807, 2.05) is 12.1 Å². The second-order valence-corrected chi connectivity index (χ2v) is 4.48. The summed E-state index contributed by atoms with van der Waals surface area (Å²) in [4.78, 5) is 4.05. The summed E-state index contributed by atoms with van der Waals surface area (Å²) in [5.41, 5.74) is 0. The van der Waals surface area contributed by atoms with E-state index in [-0.39, 0.29) is 6.61 Å². The number of hydrogen-bond acceptors (Lipinski definition) is 7. The van der Waals surface area contributed by atoms with Gasteiger partial charge in [0, 0.05) is 6.54 Å². The Morgan fingerprint density at radius 3 is 2.76 bits per heavy atom. The van der Waals surface area contributed by atoms with Crippen LogP contribution in [0.1, 0.15) is 11.7 Å². The second kappa shape index (κ2) is 7.61. The summed E-state index contributed by atoms with van der Waals surface area (Å²) in [6, 6.07) is 7.30. The first-order chi connectivity index (χ1) is 10.2. The number of para-hydroxylation sites is 2. The van der Waals surface area contributed by atoms with Crippen molar-refractivity contribution in [2.75, 3.05) is 20.3 Å². The van der Waals surface area contributed by atoms with Crippen molar-refractivity contribution in [2.45, 2.75) is 19.6 Å². The molecule has 0 saturated heterocycles. The molecule has 0 radical (unpaired) electrons. The Hall–Kier alpha value is -2.12. The van der Waals surface area contributed by atoms with E-state index in [1.54, 1.807) is 26.2 Å². The highest BCUT2D eigenvalue weighted by molar-refractivity contribution is 5.39. The van der Waals surface area contributed by atoms with Crippen LogP contribution in [-0.2, 0) is 6.54 Å². The third kappa shape index (κ3) is 4.73. The predicted octanol–water partition coefficient (Wildman–Crippen LogP) is 0.916. The van der Waals surface area contributed by atoms with E-state index < -0.39 is 6.10 Å². The standard InChI is InChI=1S/C14H19N3O4/c1-10-16-14(21-17-10)8-15-7-11(18)9-20-13-6-4-3-5-12(13)19-2/h3-6,11,15,18H,7-9H2,1-2H3. The molecule has 2 aromatic rings. The molecular weight excluding hydrogens is 274 g/mol. The molecule has 1 aromatic carbocycles. The van der Waals surface area contributed by atoms with Gasteiger partial charge in [0.15, 0.2) is 17.3 Å². The molecule has 1 aromatic heterocycles. The molecule has 2 N–H and O–H groups in total. The van der Waals surface area contributed by atoms with Crippen molar-refractivity contribution in [2.24, 2.45) is 0 Å². The molecular formula is C14H19N3O4. The number of aromatic nitrogens is 2. The minimum atomic E-state index is -0.654. The van der Waals surface area contributed by atoms with Gasteiger partial charge in [0.1, 0.15) is 12.7 Å². The Balaban J connectivity index is 1.71. The zero-order valence-electron chi connectivity index (χ0n) is 12.1. The van der Waals surface area contributed by atoms with Crippen LogP contribution in [0.25, 0.3) is 0 Å². The Kier molecular flexibility index (Phi) is 5.53. The van der Waals surface area contributed by atoms with Gasteiger partial charge in [-0.25, -0.2) is 0 Å². The molecule has 0 fully saturated rings. The molecule has 7 heteroatoms. The van der Waals surface area contributed by atoms with Crippen molar-refractivity contribution in [3.05, 3.63) is 36.0 Å². The molecule has 21 heavy (non-hydrogen) atoms. The Morgan fingerprint density at radius 1 is 1.33 bits per heavy atom. The summed E-state index contributed by atoms with van der Waals surface area (Å²) in [5.74, 6) is 2.32. The number of ether oxygens (including phenoxy) is 2. The zero-order valence-corrected chi connectivity index (χ0v) is 12.1. The van der Waals surface area contributed by atoms with Crippen LogP contribution in [0.2, 0.25) is 0 Å². The normalized spacial score (nSPS) is 12.1. The highest BCUT2D eigenvalue weighted by Gasteiger charge is 2.09. The Bertz CT molecular complexity index is 559. The maximum atomic E-state index is 9.86. The fourth-order valence-corrected chi connectivity index (χ4v) is 1.74. The average molecular weight is 293 g/mol. The van der Waals surface area contributed by atoms with E-state index in [4.69, 9.17) is 14.0 Å². The number of hydrogen-bond donors (Lipinski definition) is 2. The largest absolute Gasteiger partial charge is 0.493 e. The molecule has 1 heterocycles. The first kappa shape index (κ1) is 15.3. The maximum Gasteiger partial charge on any atom is 0.240 e. The van der Waals surface area contributed by atoms with Crippen molar-refractivity contribution in [1.82, 2.24) is 15.5 Å². The summed E-state index contributed by atoms with van der Waals surface area (Å²) in [7, 11) is 1.58. The van der Waals surface area contributed by atoms with Gasteiger partial charge in [0.05, 0.1) is 13.7 Å². The van der Waals surface area contributed by atoms with Gasteiger partial charge in [-0.15, -0.1) is 0 Å². The van der Waals surface area contributed by atoms with E-state index in [2.05, 4.69) is 15.5 Å². The summed E-state index contributed by atoms with van der Waals surface area (Å²) in [6.07, 6.45) is -0.654. The van der Waals surface area contributed by atoms with Crippen LogP contribution in [0, 0.1) is 6.92 Å². The lowest BCUT2D eigenvalue weighted by molar-refractivity contribution is 0.104. The molecule has 0 aliphatic carbocycles. The van der Waals surface area contributed by atoms with E-state index in [9.17, 15) is 5.11 Å². The summed E-state index contributed by atoms with van der Waals surface area (Å²) >= 11 is 0. The number of aliphatic hydroxyl groups excluding tert-OH is 1. The van der Waals surface area contributed by atoms with Gasteiger partial charge >= 0.3 is 0 Å². The molecule has 0 spiro atoms. The van der Waals surface area contributed by atoms with Crippen LogP contribution >= 0.6 is 0 Å². The number of aliphatic hydroxyl groups is 1. The van der Waals surface area contributed by atoms with Crippen molar-refractivity contribution in [3.63, 3.8) is 0 Å². The Labute approximate surface area is 122 Å². The monoisotopic (exact) mass is 293 g/mol. The van der Waals surface area contributed by atoms with Crippen LogP contribution < -0.4 is 14.8 Å². The molecule has 1 atom stereocenters. The maximum absolute atomic E-state index is 9.86. The van der Waals surface area contributed by atoms with Crippen molar-refractivity contribution < 1.29 is 19.1 Å². The number of nitrogens with one attached hydrogen (secondary N) is 1. The third-order valence-electron chi connectivity index (χ3n) is 2.73. The SMILES string of the molecule is COc1ccccc1OCC(O)CNCc1nc(C)no1. The van der Waals surface area contributed by atoms with Gasteiger partial charge in [0.2, 0.25) is 5.89 Å². The summed E-state index contributed by atoms with van der Waals surface area (Å²) < 4.78 is 15.7. The minimum absolute atomic E-state index is 0.163. The van der Waals surface area contributed by atoms with Gasteiger partial charge < -0.3 is 24.4 Å². The first-order valence-electron chi connectivity index (χ1n) is 6.63. The van der Waals surface area contributed by atoms with Gasteiger partial charge in [-0.05, 0) is 19.1 Å². The van der Waals surface area contributed by atoms with Crippen molar-refractivity contribution in [1.29, 1.82) is 0 Å². The van der Waals surface area contributed by atoms with Gasteiger partial charge in [-0.3, -0.25) is 0 Å². The first-order valence-corrected chi connectivity index (χ1v) is 6.63. The van der Waals surface area contributed by atoms with E-state index in [0.717, 1.165) is 0 Å². The second-order valence-electron chi connectivity index (χ2n) is 4.48. The van der Waals surface area contributed by atoms with Crippen LogP contribution in [0.4, 0.5) is 0 Å². The molecule has 0 aliphatic rings. The van der Waals surface area contributed by atoms with Crippen LogP contribution in [0.15, 0.2) is 28.8 Å². The van der Waals surface area contributed by atoms with Gasteiger partial charge in [-0.1, -0.05) is 17.3 Å². The average Bonchev–Trinajstić information content (AvgIpc) is 2.91. The molecule has 7 nitrogen and oxygen atoms in total. The van der Waals surface area contributed by atoms with E-state index >= 15 is 0 Å². The highest BCUT2D eigenvalue weighted by atomic mass is 16.5. The van der Waals surface area contributed by atoms with E-state index in [1.165, 1.54) is 0 Å². The van der Waals surface area contributed by atoms with E-state index in [0.29, 0.717) is 36.3 Å². The molecule has 1 unspecified atom stereocenters. The smallest absolute Gasteiger partial charge is 0.240 e. The molecule has 114 valence electrons. The molecule has 0 amide bonds. The zero-order chi connectivity index (χ0) is 15.1. The third-order valence-corrected chi connectivity index (χ3v) is 2.73. The summed E-state index contributed by atoms with van der Waals surface area (Å²) in [6.45, 7) is 2.68. The molecule has 0 bridgehead atoms. The number of aryl methyl sites for hydroxylation is 1. The number of rotatable bonds is 8. The highest BCUT2D eigenvalue weighted by Crippen LogP contribution is 2.25. The fourth-order valence-electron chi connectivity index (χ4n) is 1.74. The molecule has 0 aliphatic heterocycles. The fraction of sp³-hybridized carbons (Fsp3) is 0.429. The van der Waals surface area contributed by atoms with Crippen LogP contribution in [-0.4, -0.2) is 41.6 Å². The summed E-state index contributed by atoms with van der Waals surface area (Å²) in [5, 5.41) is 16.6. The quantitative estimate of drug-likeness (QED) is 0.748. The predicted molar refractivity (Wildman–Crippen MR) is 75.2 cm³/mol. The lowest BCUT2D eigenvalue weighted by Gasteiger charge is -2.14. The Morgan fingerprint density at radius 2 is 2.10 bits per heavy atom. The molecule has 2 rings (SSSR count). The van der Waals surface area contributed by atoms with Gasteiger partial charge in [-0.2, -0.15) is 4.98 Å². The van der Waals surface area contributed by atoms with Crippen LogP contribution in [0.5, 0.6) is 11.5 Å². The van der Waals surface area contributed by atoms with Crippen molar-refractivity contribution in [3.8, 4) is 11.5 Å². The number of methoxy groups -OCH3 is 1. The molecule has 0 saturated carbocycles. The topological polar surface area (TPSA) is 89.6 Å². The van der Waals surface area contributed by atoms with Crippen LogP contribution in [0.3, 0.4) is 0 Å². The van der Waals surface area contributed by atoms with Gasteiger partial charge in [0.25, 0.3) is 0 Å². The van der Waals surface area contributed by atoms with Crippen molar-refractivity contribution >= 4 is 0 Å². The lowest BCUT2D eigenvalue weighted by atomic mass is 10.3. The minimum Gasteiger partial charge on any atom is -0.493 e.